The highest BCUT2D eigenvalue weighted by Crippen LogP contribution is 2.31. The molecular weight excluding hydrogens is 456 g/mol. The van der Waals surface area contributed by atoms with E-state index in [9.17, 15) is 9.59 Å². The van der Waals surface area contributed by atoms with Gasteiger partial charge in [0.2, 0.25) is 5.91 Å². The van der Waals surface area contributed by atoms with E-state index in [0.717, 1.165) is 67.7 Å². The number of nitrogens with one attached hydrogen (secondary N) is 1. The van der Waals surface area contributed by atoms with Crippen molar-refractivity contribution in [2.75, 3.05) is 30.3 Å². The third-order valence-corrected chi connectivity index (χ3v) is 7.57. The summed E-state index contributed by atoms with van der Waals surface area (Å²) in [6.07, 6.45) is 8.33. The van der Waals surface area contributed by atoms with Crippen molar-refractivity contribution >= 4 is 23.3 Å². The largest absolute Gasteiger partial charge is 0.384 e. The second-order valence-corrected chi connectivity index (χ2v) is 9.88. The maximum Gasteiger partial charge on any atom is 0.273 e. The first-order valence-corrected chi connectivity index (χ1v) is 12.6. The Morgan fingerprint density at radius 3 is 2.83 bits per heavy atom. The number of carbonyl (C=O) groups excluding carboxylic acids is 2. The Hall–Kier alpha value is -3.79. The molecule has 10 heteroatoms. The smallest absolute Gasteiger partial charge is 0.273 e. The fourth-order valence-electron chi connectivity index (χ4n) is 5.66. The minimum absolute atomic E-state index is 0.0269. The highest BCUT2D eigenvalue weighted by atomic mass is 16.2. The lowest BCUT2D eigenvalue weighted by molar-refractivity contribution is -0.127. The maximum absolute atomic E-state index is 13.0. The van der Waals surface area contributed by atoms with Crippen LogP contribution in [0.4, 0.5) is 11.5 Å². The van der Waals surface area contributed by atoms with Crippen LogP contribution in [0.5, 0.6) is 0 Å². The molecule has 4 heterocycles. The topological polar surface area (TPSA) is 122 Å². The molecule has 0 radical (unpaired) electrons. The number of aromatic nitrogens is 4. The van der Waals surface area contributed by atoms with E-state index in [4.69, 9.17) is 5.73 Å². The van der Waals surface area contributed by atoms with Gasteiger partial charge in [-0.15, -0.1) is 5.10 Å². The molecule has 3 aromatic rings. The molecule has 10 nitrogen and oxygen atoms in total. The number of pyridine rings is 1. The molecule has 6 rings (SSSR count). The average Bonchev–Trinajstić information content (AvgIpc) is 3.52. The van der Waals surface area contributed by atoms with Crippen molar-refractivity contribution in [2.45, 2.75) is 50.7 Å². The van der Waals surface area contributed by atoms with Crippen molar-refractivity contribution in [2.24, 2.45) is 0 Å². The van der Waals surface area contributed by atoms with Gasteiger partial charge >= 0.3 is 0 Å². The fraction of sp³-hybridized carbons (Fsp3) is 0.423. The van der Waals surface area contributed by atoms with Gasteiger partial charge in [-0.05, 0) is 67.1 Å². The number of nitrogen functional groups attached to an aromatic ring is 1. The summed E-state index contributed by atoms with van der Waals surface area (Å²) in [6.45, 7) is 3.17. The van der Waals surface area contributed by atoms with E-state index in [-0.39, 0.29) is 29.6 Å². The quantitative estimate of drug-likeness (QED) is 0.565. The van der Waals surface area contributed by atoms with E-state index >= 15 is 0 Å². The Labute approximate surface area is 209 Å². The average molecular weight is 487 g/mol. The summed E-state index contributed by atoms with van der Waals surface area (Å²) in [5.74, 6) is 0.450. The standard InChI is InChI=1S/C26H30N8O2/c27-24-13-18-6-9-21(20(18)14-28-24)29-25(35)22-16-33(31-30-22)15-17-4-7-19(8-5-17)34-12-11-32-10-2-1-3-23(32)26(34)36/h4-5,7-8,13-14,16,21,23H,1-3,6,9-12,15H2,(H2,27,28)(H,29,35). The number of nitrogens with zero attached hydrogens (tertiary/aromatic N) is 6. The minimum Gasteiger partial charge on any atom is -0.384 e. The Bertz CT molecular complexity index is 1290. The van der Waals surface area contributed by atoms with Crippen LogP contribution in [0.15, 0.2) is 42.7 Å². The van der Waals surface area contributed by atoms with E-state index in [1.807, 2.05) is 35.2 Å². The SMILES string of the molecule is Nc1cc2c(cn1)C(NC(=O)c1cn(Cc3ccc(N4CCN5CCCCC5C4=O)cc3)nn1)CC2. The Balaban J connectivity index is 1.08. The summed E-state index contributed by atoms with van der Waals surface area (Å²) in [5, 5.41) is 11.3. The summed E-state index contributed by atoms with van der Waals surface area (Å²) in [5.41, 5.74) is 10.1. The number of hydrogen-bond acceptors (Lipinski definition) is 7. The first-order valence-electron chi connectivity index (χ1n) is 12.6. The molecule has 3 aliphatic rings. The number of piperidine rings is 1. The molecule has 0 saturated carbocycles. The van der Waals surface area contributed by atoms with Gasteiger partial charge in [0.25, 0.3) is 5.91 Å². The van der Waals surface area contributed by atoms with Crippen LogP contribution in [0, 0.1) is 0 Å². The van der Waals surface area contributed by atoms with Crippen molar-refractivity contribution in [3.05, 3.63) is 65.1 Å². The predicted octanol–water partition coefficient (Wildman–Crippen LogP) is 1.92. The number of aryl methyl sites for hydroxylation is 1. The molecule has 186 valence electrons. The monoisotopic (exact) mass is 486 g/mol. The zero-order valence-corrected chi connectivity index (χ0v) is 20.1. The van der Waals surface area contributed by atoms with Crippen molar-refractivity contribution in [1.29, 1.82) is 0 Å². The molecule has 2 aromatic heterocycles. The Morgan fingerprint density at radius 1 is 1.11 bits per heavy atom. The highest BCUT2D eigenvalue weighted by molar-refractivity contribution is 5.98. The van der Waals surface area contributed by atoms with Crippen LogP contribution in [0.1, 0.15) is 58.9 Å². The zero-order valence-electron chi connectivity index (χ0n) is 20.1. The molecule has 2 atom stereocenters. The molecule has 1 aliphatic carbocycles. The number of benzene rings is 1. The van der Waals surface area contributed by atoms with Gasteiger partial charge in [0, 0.05) is 25.0 Å². The number of amides is 2. The maximum atomic E-state index is 13.0. The minimum atomic E-state index is -0.258. The predicted molar refractivity (Wildman–Crippen MR) is 134 cm³/mol. The summed E-state index contributed by atoms with van der Waals surface area (Å²) < 4.78 is 1.65. The van der Waals surface area contributed by atoms with Crippen LogP contribution in [0.2, 0.25) is 0 Å². The van der Waals surface area contributed by atoms with Gasteiger partial charge in [-0.3, -0.25) is 14.5 Å². The van der Waals surface area contributed by atoms with Gasteiger partial charge in [-0.25, -0.2) is 9.67 Å². The summed E-state index contributed by atoms with van der Waals surface area (Å²) in [6, 6.07) is 9.80. The molecule has 2 unspecified atom stereocenters. The van der Waals surface area contributed by atoms with Crippen LogP contribution in [-0.4, -0.2) is 62.4 Å². The van der Waals surface area contributed by atoms with Crippen molar-refractivity contribution in [1.82, 2.24) is 30.2 Å². The van der Waals surface area contributed by atoms with E-state index in [0.29, 0.717) is 12.4 Å². The third-order valence-electron chi connectivity index (χ3n) is 7.57. The summed E-state index contributed by atoms with van der Waals surface area (Å²) in [4.78, 5) is 34.2. The van der Waals surface area contributed by atoms with Crippen molar-refractivity contribution in [3.8, 4) is 0 Å². The third kappa shape index (κ3) is 4.32. The Kier molecular flexibility index (Phi) is 5.88. The molecule has 0 bridgehead atoms. The lowest BCUT2D eigenvalue weighted by Gasteiger charge is -2.43. The Morgan fingerprint density at radius 2 is 1.97 bits per heavy atom. The summed E-state index contributed by atoms with van der Waals surface area (Å²) in [7, 11) is 0. The first-order chi connectivity index (χ1) is 17.5. The normalized spacial score (nSPS) is 21.8. The number of hydrogen-bond donors (Lipinski definition) is 2. The second kappa shape index (κ2) is 9.34. The van der Waals surface area contributed by atoms with E-state index in [1.54, 1.807) is 17.1 Å². The lowest BCUT2D eigenvalue weighted by atomic mass is 9.98. The molecule has 2 aliphatic heterocycles. The van der Waals surface area contributed by atoms with Crippen molar-refractivity contribution in [3.63, 3.8) is 0 Å². The fourth-order valence-corrected chi connectivity index (χ4v) is 5.66. The van der Waals surface area contributed by atoms with Crippen LogP contribution < -0.4 is 16.0 Å². The van der Waals surface area contributed by atoms with E-state index < -0.39 is 0 Å². The number of fused-ring (bicyclic) bond motifs is 2. The molecule has 36 heavy (non-hydrogen) atoms. The number of nitrogens with two attached hydrogens (primary N) is 1. The van der Waals surface area contributed by atoms with Crippen LogP contribution in [0.25, 0.3) is 0 Å². The van der Waals surface area contributed by atoms with Gasteiger partial charge in [-0.2, -0.15) is 0 Å². The number of anilines is 2. The van der Waals surface area contributed by atoms with Gasteiger partial charge in [0.1, 0.15) is 5.82 Å². The van der Waals surface area contributed by atoms with Gasteiger partial charge in [0.05, 0.1) is 24.8 Å². The van der Waals surface area contributed by atoms with Gasteiger partial charge in [-0.1, -0.05) is 23.8 Å². The van der Waals surface area contributed by atoms with E-state index in [2.05, 4.69) is 25.5 Å². The summed E-state index contributed by atoms with van der Waals surface area (Å²) >= 11 is 0. The molecule has 2 amide bonds. The number of piperazine rings is 1. The number of rotatable bonds is 5. The van der Waals surface area contributed by atoms with Crippen LogP contribution in [0.3, 0.4) is 0 Å². The highest BCUT2D eigenvalue weighted by Gasteiger charge is 2.36. The molecular formula is C26H30N8O2. The molecule has 2 fully saturated rings. The molecule has 3 N–H and O–H groups in total. The second-order valence-electron chi connectivity index (χ2n) is 9.88. The molecule has 2 saturated heterocycles. The number of carbonyl (C=O) groups is 2. The van der Waals surface area contributed by atoms with Crippen LogP contribution in [-0.2, 0) is 17.8 Å². The first kappa shape index (κ1) is 22.7. The van der Waals surface area contributed by atoms with E-state index in [1.165, 1.54) is 6.42 Å². The lowest BCUT2D eigenvalue weighted by Crippen LogP contribution is -2.58. The van der Waals surface area contributed by atoms with Gasteiger partial charge in [0.15, 0.2) is 5.69 Å². The molecule has 0 spiro atoms. The molecule has 1 aromatic carbocycles. The van der Waals surface area contributed by atoms with Gasteiger partial charge < -0.3 is 16.0 Å². The van der Waals surface area contributed by atoms with Crippen LogP contribution >= 0.6 is 0 Å². The van der Waals surface area contributed by atoms with Crippen molar-refractivity contribution < 1.29 is 9.59 Å². The zero-order chi connectivity index (χ0) is 24.6.